The lowest BCUT2D eigenvalue weighted by atomic mass is 10.2. The monoisotopic (exact) mass is 425 g/mol. The van der Waals surface area contributed by atoms with Crippen molar-refractivity contribution >= 4 is 73.5 Å². The Hall–Kier alpha value is -1.79. The van der Waals surface area contributed by atoms with Crippen molar-refractivity contribution < 1.29 is 4.79 Å². The first-order chi connectivity index (χ1) is 12.4. The van der Waals surface area contributed by atoms with Gasteiger partial charge in [-0.15, -0.1) is 0 Å². The Morgan fingerprint density at radius 1 is 1.08 bits per heavy atom. The standard InChI is InChI=1S/C18H14Cl3N3OS/c19-18(20,21)16(23-15(25)11-10-12-6-2-1-3-7-12)24-17-22-13-8-4-5-9-14(13)26-17/h1-11,16H,(H,22,24)(H,23,25)/b11-10+. The minimum absolute atomic E-state index is 0.390. The minimum atomic E-state index is -1.76. The van der Waals surface area contributed by atoms with Gasteiger partial charge in [0.2, 0.25) is 9.70 Å². The van der Waals surface area contributed by atoms with E-state index in [9.17, 15) is 4.79 Å². The van der Waals surface area contributed by atoms with Crippen LogP contribution in [0.15, 0.2) is 60.7 Å². The second-order valence-electron chi connectivity index (χ2n) is 5.36. The van der Waals surface area contributed by atoms with Crippen LogP contribution in [0.25, 0.3) is 16.3 Å². The molecular formula is C18H14Cl3N3OS. The Bertz CT molecular complexity index is 889. The fourth-order valence-corrected chi connectivity index (χ4v) is 3.40. The fraction of sp³-hybridized carbons (Fsp3) is 0.111. The molecule has 1 unspecified atom stereocenters. The highest BCUT2D eigenvalue weighted by atomic mass is 35.6. The van der Waals surface area contributed by atoms with Crippen LogP contribution in [-0.2, 0) is 4.79 Å². The average Bonchev–Trinajstić information content (AvgIpc) is 3.02. The van der Waals surface area contributed by atoms with Crippen LogP contribution in [0.3, 0.4) is 0 Å². The molecule has 0 aliphatic carbocycles. The van der Waals surface area contributed by atoms with Crippen LogP contribution < -0.4 is 10.6 Å². The quantitative estimate of drug-likeness (QED) is 0.333. The molecule has 8 heteroatoms. The first-order valence-corrected chi connectivity index (χ1v) is 9.59. The van der Waals surface area contributed by atoms with Crippen molar-refractivity contribution in [3.8, 4) is 0 Å². The number of anilines is 1. The number of rotatable bonds is 5. The van der Waals surface area contributed by atoms with Crippen molar-refractivity contribution in [1.29, 1.82) is 0 Å². The van der Waals surface area contributed by atoms with E-state index < -0.39 is 15.9 Å². The van der Waals surface area contributed by atoms with Gasteiger partial charge in [-0.2, -0.15) is 0 Å². The van der Waals surface area contributed by atoms with Crippen molar-refractivity contribution in [1.82, 2.24) is 10.3 Å². The first-order valence-electron chi connectivity index (χ1n) is 7.64. The van der Waals surface area contributed by atoms with Gasteiger partial charge in [0, 0.05) is 6.08 Å². The summed E-state index contributed by atoms with van der Waals surface area (Å²) in [4.78, 5) is 16.6. The molecule has 0 bridgehead atoms. The number of fused-ring (bicyclic) bond motifs is 1. The third-order valence-electron chi connectivity index (χ3n) is 3.40. The molecule has 1 atom stereocenters. The van der Waals surface area contributed by atoms with E-state index in [0.29, 0.717) is 5.13 Å². The van der Waals surface area contributed by atoms with Crippen molar-refractivity contribution in [3.63, 3.8) is 0 Å². The Labute approximate surface area is 169 Å². The lowest BCUT2D eigenvalue weighted by Gasteiger charge is -2.25. The molecule has 2 aromatic carbocycles. The highest BCUT2D eigenvalue weighted by molar-refractivity contribution is 7.22. The zero-order valence-electron chi connectivity index (χ0n) is 13.3. The second-order valence-corrected chi connectivity index (χ2v) is 8.76. The molecule has 2 N–H and O–H groups in total. The molecule has 3 aromatic rings. The van der Waals surface area contributed by atoms with Crippen LogP contribution in [0.2, 0.25) is 0 Å². The maximum Gasteiger partial charge on any atom is 0.245 e. The van der Waals surface area contributed by atoms with E-state index in [-0.39, 0.29) is 0 Å². The number of para-hydroxylation sites is 1. The number of nitrogens with one attached hydrogen (secondary N) is 2. The number of aromatic nitrogens is 1. The molecule has 0 saturated heterocycles. The predicted molar refractivity (Wildman–Crippen MR) is 111 cm³/mol. The third kappa shape index (κ3) is 5.11. The number of carbonyl (C=O) groups excluding carboxylic acids is 1. The van der Waals surface area contributed by atoms with Crippen LogP contribution in [0.1, 0.15) is 5.56 Å². The van der Waals surface area contributed by atoms with E-state index in [4.69, 9.17) is 34.8 Å². The van der Waals surface area contributed by atoms with Gasteiger partial charge in [0.15, 0.2) is 5.13 Å². The zero-order chi connectivity index (χ0) is 18.6. The smallest absolute Gasteiger partial charge is 0.245 e. The largest absolute Gasteiger partial charge is 0.338 e. The van der Waals surface area contributed by atoms with Crippen molar-refractivity contribution in [2.45, 2.75) is 9.96 Å². The fourth-order valence-electron chi connectivity index (χ4n) is 2.18. The summed E-state index contributed by atoms with van der Waals surface area (Å²) >= 11 is 19.5. The van der Waals surface area contributed by atoms with Crippen molar-refractivity contribution in [2.75, 3.05) is 5.32 Å². The maximum absolute atomic E-state index is 12.2. The molecule has 0 aliphatic heterocycles. The summed E-state index contributed by atoms with van der Waals surface area (Å²) in [5.74, 6) is -0.390. The molecule has 26 heavy (non-hydrogen) atoms. The van der Waals surface area contributed by atoms with Gasteiger partial charge in [-0.3, -0.25) is 4.79 Å². The topological polar surface area (TPSA) is 54.0 Å². The number of hydrogen-bond donors (Lipinski definition) is 2. The molecule has 0 saturated carbocycles. The molecule has 0 aliphatic rings. The molecule has 3 rings (SSSR count). The number of halogens is 3. The van der Waals surface area contributed by atoms with Gasteiger partial charge in [-0.05, 0) is 23.8 Å². The molecule has 1 heterocycles. The highest BCUT2D eigenvalue weighted by Gasteiger charge is 2.34. The molecule has 0 radical (unpaired) electrons. The van der Waals surface area contributed by atoms with E-state index >= 15 is 0 Å². The molecule has 0 fully saturated rings. The molecular weight excluding hydrogens is 413 g/mol. The normalized spacial score (nSPS) is 13.0. The second kappa shape index (κ2) is 8.27. The lowest BCUT2D eigenvalue weighted by molar-refractivity contribution is -0.116. The number of hydrogen-bond acceptors (Lipinski definition) is 4. The maximum atomic E-state index is 12.2. The van der Waals surface area contributed by atoms with Crippen LogP contribution in [-0.4, -0.2) is 20.8 Å². The van der Waals surface area contributed by atoms with Gasteiger partial charge in [-0.25, -0.2) is 4.98 Å². The van der Waals surface area contributed by atoms with E-state index in [1.165, 1.54) is 17.4 Å². The minimum Gasteiger partial charge on any atom is -0.338 e. The average molecular weight is 427 g/mol. The SMILES string of the molecule is O=C(/C=C/c1ccccc1)NC(Nc1nc2ccccc2s1)C(Cl)(Cl)Cl. The zero-order valence-corrected chi connectivity index (χ0v) is 16.4. The van der Waals surface area contributed by atoms with Gasteiger partial charge in [-0.1, -0.05) is 88.6 Å². The molecule has 134 valence electrons. The number of benzene rings is 2. The Morgan fingerprint density at radius 2 is 1.77 bits per heavy atom. The first kappa shape index (κ1) is 19.0. The van der Waals surface area contributed by atoms with Crippen molar-refractivity contribution in [3.05, 3.63) is 66.2 Å². The van der Waals surface area contributed by atoms with Gasteiger partial charge in [0.25, 0.3) is 0 Å². The summed E-state index contributed by atoms with van der Waals surface area (Å²) in [6.45, 7) is 0. The third-order valence-corrected chi connectivity index (χ3v) is 5.02. The van der Waals surface area contributed by atoms with Crippen molar-refractivity contribution in [2.24, 2.45) is 0 Å². The van der Waals surface area contributed by atoms with Gasteiger partial charge >= 0.3 is 0 Å². The van der Waals surface area contributed by atoms with Crippen LogP contribution in [0, 0.1) is 0 Å². The number of amides is 1. The van der Waals surface area contributed by atoms with Gasteiger partial charge in [0.1, 0.15) is 6.17 Å². The van der Waals surface area contributed by atoms with E-state index in [0.717, 1.165) is 15.8 Å². The molecule has 4 nitrogen and oxygen atoms in total. The van der Waals surface area contributed by atoms with Crippen LogP contribution in [0.4, 0.5) is 5.13 Å². The van der Waals surface area contributed by atoms with E-state index in [1.807, 2.05) is 54.6 Å². The lowest BCUT2D eigenvalue weighted by Crippen LogP contribution is -2.48. The summed E-state index contributed by atoms with van der Waals surface area (Å²) < 4.78 is -0.762. The highest BCUT2D eigenvalue weighted by Crippen LogP contribution is 2.33. The summed E-state index contributed by atoms with van der Waals surface area (Å²) in [7, 11) is 0. The van der Waals surface area contributed by atoms with Crippen LogP contribution in [0.5, 0.6) is 0 Å². The number of thiazole rings is 1. The molecule has 1 aromatic heterocycles. The van der Waals surface area contributed by atoms with Gasteiger partial charge in [0.05, 0.1) is 10.2 Å². The Balaban J connectivity index is 1.71. The number of nitrogens with zero attached hydrogens (tertiary/aromatic N) is 1. The summed E-state index contributed by atoms with van der Waals surface area (Å²) in [5, 5.41) is 6.19. The molecule has 1 amide bonds. The van der Waals surface area contributed by atoms with E-state index in [1.54, 1.807) is 6.08 Å². The summed E-state index contributed by atoms with van der Waals surface area (Å²) in [5.41, 5.74) is 1.73. The number of carbonyl (C=O) groups is 1. The Morgan fingerprint density at radius 3 is 2.46 bits per heavy atom. The predicted octanol–water partition coefficient (Wildman–Crippen LogP) is 5.23. The molecule has 0 spiro atoms. The van der Waals surface area contributed by atoms with E-state index in [2.05, 4.69) is 15.6 Å². The van der Waals surface area contributed by atoms with Crippen LogP contribution >= 0.6 is 46.1 Å². The Kier molecular flexibility index (Phi) is 6.04. The summed E-state index contributed by atoms with van der Waals surface area (Å²) in [6, 6.07) is 17.1. The van der Waals surface area contributed by atoms with Gasteiger partial charge < -0.3 is 10.6 Å². The summed E-state index contributed by atoms with van der Waals surface area (Å²) in [6.07, 6.45) is 2.13. The number of alkyl halides is 3.